The molecular formula is C80H108N28O12. The van der Waals surface area contributed by atoms with Crippen molar-refractivity contribution in [2.24, 2.45) is 22.9 Å². The number of nitrogens with two attached hydrogens (primary N) is 4. The third kappa shape index (κ3) is 25.9. The molecule has 1 fully saturated rings. The number of nitrogens with one attached hydrogen (secondary N) is 24. The minimum atomic E-state index is -1.55. The zero-order chi connectivity index (χ0) is 86.7. The lowest BCUT2D eigenvalue weighted by molar-refractivity contribution is -0.136. The molecule has 9 rings (SSSR count). The van der Waals surface area contributed by atoms with Crippen molar-refractivity contribution < 1.29 is 57.5 Å². The highest BCUT2D eigenvalue weighted by atomic mass is 16.2. The first kappa shape index (κ1) is 89.7. The van der Waals surface area contributed by atoms with E-state index in [2.05, 4.69) is 105 Å². The third-order valence-corrected chi connectivity index (χ3v) is 20.4. The van der Waals surface area contributed by atoms with Crippen LogP contribution in [0.5, 0.6) is 0 Å². The molecule has 40 nitrogen and oxygen atoms in total. The van der Waals surface area contributed by atoms with Gasteiger partial charge >= 0.3 is 0 Å². The van der Waals surface area contributed by atoms with E-state index < -0.39 is 167 Å². The summed E-state index contributed by atoms with van der Waals surface area (Å²) in [6, 6.07) is 10.8. The number of guanidine groups is 4. The number of aromatic amines is 4. The van der Waals surface area contributed by atoms with Crippen LogP contribution < -0.4 is 108 Å². The molecule has 1 saturated heterocycles. The van der Waals surface area contributed by atoms with Crippen molar-refractivity contribution in [3.63, 3.8) is 0 Å². The van der Waals surface area contributed by atoms with Crippen LogP contribution in [0.3, 0.4) is 0 Å². The van der Waals surface area contributed by atoms with Crippen molar-refractivity contribution >= 4 is 138 Å². The van der Waals surface area contributed by atoms with Crippen molar-refractivity contribution in [2.45, 2.75) is 177 Å². The summed E-state index contributed by atoms with van der Waals surface area (Å²) in [5, 5.41) is 76.7. The number of rotatable bonds is 24. The van der Waals surface area contributed by atoms with E-state index in [4.69, 9.17) is 44.6 Å². The SMILES string of the molecule is C[C@@H]1NC(=O)[C@H](C)NC(=O)[C@H](CCCNC(=N)N)NC(=O)[C@H](CCCNC(=N)N)NC(=O)[C@H](CCCNC(=N)N)NC(=O)[C@H](CCCNC(=N)N)NC(=O)[C@H](C)NC(=O)[C@H](C)NC(=O)[C@H](Cc2c[nH]c3ccccc23)NC(=O)[C@H](Cc2c[nH]c3ccccc23)NC(=O)[C@H](Cc2c[nH]c3ccccc23)NC(=O)[C@H](Cc2c[nH]c3ccccc23)NC1=O. The fourth-order valence-corrected chi connectivity index (χ4v) is 13.9. The van der Waals surface area contributed by atoms with E-state index >= 15 is 19.2 Å². The molecule has 0 radical (unpaired) electrons. The van der Waals surface area contributed by atoms with Gasteiger partial charge in [0.1, 0.15) is 72.5 Å². The van der Waals surface area contributed by atoms with Gasteiger partial charge in [-0.1, -0.05) is 72.8 Å². The Morgan fingerprint density at radius 1 is 0.267 bits per heavy atom. The van der Waals surface area contributed by atoms with Gasteiger partial charge in [-0.2, -0.15) is 0 Å². The largest absolute Gasteiger partial charge is 0.370 e. The molecule has 4 aromatic heterocycles. The summed E-state index contributed by atoms with van der Waals surface area (Å²) in [5.41, 5.74) is 27.3. The Bertz CT molecular complexity index is 4860. The van der Waals surface area contributed by atoms with E-state index in [-0.39, 0.29) is 103 Å². The zero-order valence-electron chi connectivity index (χ0n) is 67.0. The maximum atomic E-state index is 15.8. The van der Waals surface area contributed by atoms with E-state index in [1.807, 2.05) is 48.5 Å². The monoisotopic (exact) mass is 1650 g/mol. The lowest BCUT2D eigenvalue weighted by Crippen LogP contribution is -2.61. The predicted octanol–water partition coefficient (Wildman–Crippen LogP) is -2.15. The highest BCUT2D eigenvalue weighted by Crippen LogP contribution is 2.25. The molecule has 1 aliphatic heterocycles. The van der Waals surface area contributed by atoms with Gasteiger partial charge in [0.25, 0.3) is 0 Å². The molecule has 12 amide bonds. The summed E-state index contributed by atoms with van der Waals surface area (Å²) in [6.45, 7) is 5.32. The molecule has 8 aromatic rings. The minimum absolute atomic E-state index is 0.00651. The minimum Gasteiger partial charge on any atom is -0.370 e. The zero-order valence-corrected chi connectivity index (χ0v) is 67.0. The molecule has 32 N–H and O–H groups in total. The maximum absolute atomic E-state index is 15.8. The van der Waals surface area contributed by atoms with Crippen LogP contribution in [-0.2, 0) is 83.2 Å². The third-order valence-electron chi connectivity index (χ3n) is 20.4. The molecule has 40 heteroatoms. The number of aromatic nitrogens is 4. The fourth-order valence-electron chi connectivity index (χ4n) is 13.9. The van der Waals surface area contributed by atoms with Crippen LogP contribution in [0.4, 0.5) is 0 Å². The lowest BCUT2D eigenvalue weighted by Gasteiger charge is -2.28. The number of carbonyl (C=O) groups excluding carboxylic acids is 12. The summed E-state index contributed by atoms with van der Waals surface area (Å²) >= 11 is 0. The number of hydrogen-bond acceptors (Lipinski definition) is 16. The molecule has 12 atom stereocenters. The van der Waals surface area contributed by atoms with Crippen molar-refractivity contribution in [1.29, 1.82) is 21.6 Å². The van der Waals surface area contributed by atoms with E-state index in [1.165, 1.54) is 27.7 Å². The summed E-state index contributed by atoms with van der Waals surface area (Å²) < 4.78 is 0. The van der Waals surface area contributed by atoms with Crippen LogP contribution >= 0.6 is 0 Å². The number of benzene rings is 4. The topological polar surface area (TPSA) is 660 Å². The number of amides is 12. The van der Waals surface area contributed by atoms with Crippen LogP contribution in [0.2, 0.25) is 0 Å². The van der Waals surface area contributed by atoms with Crippen LogP contribution in [0.25, 0.3) is 43.6 Å². The van der Waals surface area contributed by atoms with Gasteiger partial charge in [0, 0.05) is 120 Å². The Morgan fingerprint density at radius 3 is 0.683 bits per heavy atom. The average Bonchev–Trinajstić information content (AvgIpc) is 1.66. The van der Waals surface area contributed by atoms with Crippen molar-refractivity contribution in [3.05, 3.63) is 144 Å². The molecule has 5 heterocycles. The molecule has 0 bridgehead atoms. The van der Waals surface area contributed by atoms with Crippen LogP contribution in [0.1, 0.15) is 101 Å². The Hall–Kier alpha value is -14.2. The standard InChI is InChI=1S/C80H108N28O12/c1-41-65(109)98-44(4)68(112)105-62(34-46-38-94-54-22-10-6-18-50(46)54)74(118)107-64(36-48-40-96-56-24-12-8-20-52(48)56)76(120)108-63(35-47-39-95-55-23-11-7-19-51(47)55)75(119)106-61(33-45-37-93-53-21-9-5-17-49(45)53)73(117)100-42(2)66(110)97-43(3)67(111)101-58(26-14-30-90-78(83)84)70(114)103-60(28-16-32-92-80(87)88)72(116)104-59(27-15-31-91-79(85)86)71(115)102-57(69(113)99-41)25-13-29-89-77(81)82/h5-12,17-24,37-44,57-64,93-96H,13-16,25-36H2,1-4H3,(H,97,110)(H,98,109)(H,99,113)(H,100,117)(H,101,111)(H,102,115)(H,103,114)(H,104,116)(H,105,112)(H,106,119)(H,107,118)(H,108,120)(H4,81,82,89)(H4,83,84,90)(H4,85,86,91)(H4,87,88,92)/t41-,42-,43-,44-,57-,58-,59-,60-,61-,62-,63-,64-/m0/s1. The van der Waals surface area contributed by atoms with Crippen LogP contribution in [0.15, 0.2) is 122 Å². The molecular weight excluding hydrogens is 1550 g/mol. The quantitative estimate of drug-likeness (QED) is 0.0174. The van der Waals surface area contributed by atoms with E-state index in [0.717, 1.165) is 0 Å². The van der Waals surface area contributed by atoms with Gasteiger partial charge in [-0.15, -0.1) is 0 Å². The Balaban J connectivity index is 1.10. The van der Waals surface area contributed by atoms with Gasteiger partial charge in [0.15, 0.2) is 23.8 Å². The van der Waals surface area contributed by atoms with Crippen molar-refractivity contribution in [3.8, 4) is 0 Å². The normalized spacial score (nSPS) is 22.3. The van der Waals surface area contributed by atoms with Gasteiger partial charge in [-0.3, -0.25) is 79.2 Å². The molecule has 4 aromatic carbocycles. The van der Waals surface area contributed by atoms with Crippen LogP contribution in [0, 0.1) is 21.6 Å². The molecule has 0 spiro atoms. The van der Waals surface area contributed by atoms with Crippen molar-refractivity contribution in [2.75, 3.05) is 26.2 Å². The molecule has 0 saturated carbocycles. The summed E-state index contributed by atoms with van der Waals surface area (Å²) in [6.07, 6.45) is 5.34. The first-order valence-corrected chi connectivity index (χ1v) is 39.6. The Kier molecular flexibility index (Phi) is 32.2. The van der Waals surface area contributed by atoms with Gasteiger partial charge < -0.3 is 128 Å². The number of carbonyl (C=O) groups is 12. The van der Waals surface area contributed by atoms with Crippen molar-refractivity contribution in [1.82, 2.24) is 105 Å². The van der Waals surface area contributed by atoms with Gasteiger partial charge in [-0.05, 0) is 126 Å². The molecule has 0 unspecified atom stereocenters. The second-order valence-corrected chi connectivity index (χ2v) is 29.6. The number of hydrogen-bond donors (Lipinski definition) is 28. The number of fused-ring (bicyclic) bond motifs is 4. The summed E-state index contributed by atoms with van der Waals surface area (Å²) in [4.78, 5) is 192. The van der Waals surface area contributed by atoms with E-state index in [0.29, 0.717) is 65.9 Å². The highest BCUT2D eigenvalue weighted by molar-refractivity contribution is 6.02. The van der Waals surface area contributed by atoms with Gasteiger partial charge in [0.05, 0.1) is 0 Å². The van der Waals surface area contributed by atoms with Crippen LogP contribution in [-0.4, -0.2) is 213 Å². The smallest absolute Gasteiger partial charge is 0.243 e. The second-order valence-electron chi connectivity index (χ2n) is 29.6. The summed E-state index contributed by atoms with van der Waals surface area (Å²) in [7, 11) is 0. The highest BCUT2D eigenvalue weighted by Gasteiger charge is 2.38. The number of para-hydroxylation sites is 4. The van der Waals surface area contributed by atoms with E-state index in [1.54, 1.807) is 73.3 Å². The second kappa shape index (κ2) is 43.1. The van der Waals surface area contributed by atoms with E-state index in [9.17, 15) is 38.4 Å². The fraction of sp³-hybridized carbons (Fsp3) is 0.400. The van der Waals surface area contributed by atoms with Gasteiger partial charge in [0.2, 0.25) is 70.9 Å². The first-order valence-electron chi connectivity index (χ1n) is 39.6. The number of H-pyrrole nitrogens is 4. The maximum Gasteiger partial charge on any atom is 0.243 e. The van der Waals surface area contributed by atoms with Gasteiger partial charge in [-0.25, -0.2) is 0 Å². The summed E-state index contributed by atoms with van der Waals surface area (Å²) in [5.74, 6) is -12.6. The molecule has 120 heavy (non-hydrogen) atoms. The lowest BCUT2D eigenvalue weighted by atomic mass is 9.99. The Labute approximate surface area is 690 Å². The molecule has 0 aliphatic carbocycles. The predicted molar refractivity (Wildman–Crippen MR) is 450 cm³/mol. The molecule has 640 valence electrons. The Morgan fingerprint density at radius 2 is 0.442 bits per heavy atom. The first-order chi connectivity index (χ1) is 57.4. The molecule has 1 aliphatic rings. The average molecular weight is 1650 g/mol.